The maximum atomic E-state index is 13.0. The van der Waals surface area contributed by atoms with E-state index in [9.17, 15) is 9.59 Å². The van der Waals surface area contributed by atoms with E-state index < -0.39 is 11.2 Å². The van der Waals surface area contributed by atoms with Crippen molar-refractivity contribution in [3.8, 4) is 0 Å². The van der Waals surface area contributed by atoms with Crippen molar-refractivity contribution in [3.05, 3.63) is 41.1 Å². The number of carbonyl (C=O) groups excluding carboxylic acids is 1. The molecule has 3 heterocycles. The number of carbonyl (C=O) groups is 1. The van der Waals surface area contributed by atoms with Gasteiger partial charge < -0.3 is 9.88 Å². The number of hydrogen-bond acceptors (Lipinski definition) is 5. The molecule has 1 aliphatic heterocycles. The fourth-order valence-electron chi connectivity index (χ4n) is 2.86. The van der Waals surface area contributed by atoms with Gasteiger partial charge in [0.2, 0.25) is 0 Å². The van der Waals surface area contributed by atoms with E-state index >= 15 is 0 Å². The summed E-state index contributed by atoms with van der Waals surface area (Å²) in [5, 5.41) is 4.08. The minimum atomic E-state index is -0.827. The molecule has 1 N–H and O–H groups in total. The molecule has 0 saturated carbocycles. The number of aromatic amines is 1. The first-order valence-corrected chi connectivity index (χ1v) is 7.21. The van der Waals surface area contributed by atoms with Gasteiger partial charge in [-0.05, 0) is 32.8 Å². The number of nitrogens with one attached hydrogen (secondary N) is 1. The zero-order valence-corrected chi connectivity index (χ0v) is 12.6. The Morgan fingerprint density at radius 1 is 1.45 bits per heavy atom. The van der Waals surface area contributed by atoms with Gasteiger partial charge in [-0.15, -0.1) is 0 Å². The third-order valence-electron chi connectivity index (χ3n) is 4.08. The minimum Gasteiger partial charge on any atom is -0.332 e. The van der Waals surface area contributed by atoms with Gasteiger partial charge in [-0.3, -0.25) is 4.79 Å². The van der Waals surface area contributed by atoms with Gasteiger partial charge >= 0.3 is 5.69 Å². The summed E-state index contributed by atoms with van der Waals surface area (Å²) >= 11 is 0. The van der Waals surface area contributed by atoms with E-state index in [2.05, 4.69) is 20.1 Å². The van der Waals surface area contributed by atoms with Gasteiger partial charge in [-0.25, -0.2) is 19.4 Å². The van der Waals surface area contributed by atoms with Crippen LogP contribution in [0.15, 0.2) is 29.7 Å². The van der Waals surface area contributed by atoms with Crippen molar-refractivity contribution in [3.63, 3.8) is 0 Å². The number of amides is 1. The average Bonchev–Trinajstić information content (AvgIpc) is 3.18. The molecule has 0 aliphatic carbocycles. The number of hydrogen-bond donors (Lipinski definition) is 1. The predicted molar refractivity (Wildman–Crippen MR) is 77.9 cm³/mol. The molecule has 8 nitrogen and oxygen atoms in total. The molecule has 8 heteroatoms. The third-order valence-corrected chi connectivity index (χ3v) is 4.08. The lowest BCUT2D eigenvalue weighted by atomic mass is 10.0. The van der Waals surface area contributed by atoms with Gasteiger partial charge in [-0.1, -0.05) is 0 Å². The predicted octanol–water partition coefficient (Wildman–Crippen LogP) is 0.460. The summed E-state index contributed by atoms with van der Waals surface area (Å²) < 4.78 is 1.56. The van der Waals surface area contributed by atoms with Gasteiger partial charge in [0.15, 0.2) is 0 Å². The van der Waals surface area contributed by atoms with Crippen LogP contribution in [-0.2, 0) is 10.3 Å². The fourth-order valence-corrected chi connectivity index (χ4v) is 2.86. The van der Waals surface area contributed by atoms with Crippen LogP contribution in [0.4, 0.5) is 0 Å². The van der Waals surface area contributed by atoms with Crippen molar-refractivity contribution in [2.45, 2.75) is 38.3 Å². The molecule has 1 fully saturated rings. The standard InChI is InChI=1S/C14H18N6O2/c1-14(2,20-9-15-8-17-20)12(21)19-7-3-4-11(19)10-5-6-16-13(22)18-10/h5-6,8-9,11H,3-4,7H2,1-2H3,(H,16,18,22)/t11-/m0/s1. The third kappa shape index (κ3) is 2.40. The lowest BCUT2D eigenvalue weighted by molar-refractivity contribution is -0.140. The highest BCUT2D eigenvalue weighted by Crippen LogP contribution is 2.33. The van der Waals surface area contributed by atoms with Crippen molar-refractivity contribution < 1.29 is 4.79 Å². The van der Waals surface area contributed by atoms with Crippen LogP contribution in [0.3, 0.4) is 0 Å². The minimum absolute atomic E-state index is 0.0434. The lowest BCUT2D eigenvalue weighted by Crippen LogP contribution is -2.47. The second-order valence-electron chi connectivity index (χ2n) is 5.89. The van der Waals surface area contributed by atoms with E-state index in [1.807, 2.05) is 13.8 Å². The van der Waals surface area contributed by atoms with E-state index in [0.29, 0.717) is 6.54 Å². The lowest BCUT2D eigenvalue weighted by Gasteiger charge is -2.32. The highest BCUT2D eigenvalue weighted by atomic mass is 16.2. The summed E-state index contributed by atoms with van der Waals surface area (Å²) in [7, 11) is 0. The monoisotopic (exact) mass is 302 g/mol. The Bertz CT molecular complexity index is 721. The number of likely N-dealkylation sites (tertiary alicyclic amines) is 1. The largest absolute Gasteiger partial charge is 0.345 e. The molecule has 2 aromatic rings. The van der Waals surface area contributed by atoms with Gasteiger partial charge in [0.25, 0.3) is 5.91 Å². The van der Waals surface area contributed by atoms with Gasteiger partial charge in [0.1, 0.15) is 18.2 Å². The van der Waals surface area contributed by atoms with Crippen LogP contribution < -0.4 is 5.69 Å². The molecule has 0 aromatic carbocycles. The van der Waals surface area contributed by atoms with Crippen LogP contribution >= 0.6 is 0 Å². The zero-order valence-electron chi connectivity index (χ0n) is 12.6. The first kappa shape index (κ1) is 14.4. The molecule has 2 aromatic heterocycles. The molecule has 1 saturated heterocycles. The fraction of sp³-hybridized carbons (Fsp3) is 0.500. The first-order valence-electron chi connectivity index (χ1n) is 7.21. The topological polar surface area (TPSA) is 96.8 Å². The smallest absolute Gasteiger partial charge is 0.332 e. The van der Waals surface area contributed by atoms with Crippen LogP contribution in [-0.4, -0.2) is 42.1 Å². The van der Waals surface area contributed by atoms with E-state index in [1.165, 1.54) is 18.9 Å². The Kier molecular flexibility index (Phi) is 3.51. The number of H-pyrrole nitrogens is 1. The van der Waals surface area contributed by atoms with Gasteiger partial charge in [0, 0.05) is 18.4 Å². The quantitative estimate of drug-likeness (QED) is 0.888. The van der Waals surface area contributed by atoms with Crippen LogP contribution in [0.25, 0.3) is 0 Å². The number of nitrogens with zero attached hydrogens (tertiary/aromatic N) is 5. The zero-order chi connectivity index (χ0) is 15.7. The van der Waals surface area contributed by atoms with E-state index in [4.69, 9.17) is 0 Å². The number of rotatable bonds is 3. The molecule has 1 amide bonds. The van der Waals surface area contributed by atoms with E-state index in [0.717, 1.165) is 18.5 Å². The van der Waals surface area contributed by atoms with Crippen molar-refractivity contribution in [1.82, 2.24) is 29.6 Å². The first-order chi connectivity index (χ1) is 10.5. The van der Waals surface area contributed by atoms with Crippen LogP contribution in [0.1, 0.15) is 38.4 Å². The van der Waals surface area contributed by atoms with E-state index in [1.54, 1.807) is 15.6 Å². The summed E-state index contributed by atoms with van der Waals surface area (Å²) in [6, 6.07) is 1.62. The van der Waals surface area contributed by atoms with Crippen LogP contribution in [0.5, 0.6) is 0 Å². The van der Waals surface area contributed by atoms with Gasteiger partial charge in [-0.2, -0.15) is 5.10 Å². The molecule has 0 radical (unpaired) electrons. The Morgan fingerprint density at radius 3 is 2.95 bits per heavy atom. The summed E-state index contributed by atoms with van der Waals surface area (Å²) in [5.74, 6) is -0.0434. The van der Waals surface area contributed by atoms with Gasteiger partial charge in [0.05, 0.1) is 6.04 Å². The second kappa shape index (κ2) is 5.36. The summed E-state index contributed by atoms with van der Waals surface area (Å²) in [5.41, 5.74) is -0.501. The normalized spacial score (nSPS) is 18.6. The molecular weight excluding hydrogens is 284 g/mol. The maximum Gasteiger partial charge on any atom is 0.345 e. The van der Waals surface area contributed by atoms with E-state index in [-0.39, 0.29) is 11.9 Å². The second-order valence-corrected chi connectivity index (χ2v) is 5.89. The molecule has 3 rings (SSSR count). The molecule has 1 aliphatic rings. The Labute approximate surface area is 127 Å². The Morgan fingerprint density at radius 2 is 2.27 bits per heavy atom. The SMILES string of the molecule is CC(C)(C(=O)N1CCC[C@H]1c1ccnc(=O)[nH]1)n1cncn1. The molecule has 0 spiro atoms. The molecule has 0 unspecified atom stereocenters. The van der Waals surface area contributed by atoms with Crippen LogP contribution in [0, 0.1) is 0 Å². The molecule has 1 atom stereocenters. The molecular formula is C14H18N6O2. The van der Waals surface area contributed by atoms with Crippen molar-refractivity contribution in [2.75, 3.05) is 6.54 Å². The Hall–Kier alpha value is -2.51. The van der Waals surface area contributed by atoms with Crippen LogP contribution in [0.2, 0.25) is 0 Å². The Balaban J connectivity index is 1.90. The average molecular weight is 302 g/mol. The highest BCUT2D eigenvalue weighted by molar-refractivity contribution is 5.84. The molecule has 0 bridgehead atoms. The summed E-state index contributed by atoms with van der Waals surface area (Å²) in [6.07, 6.45) is 6.14. The highest BCUT2D eigenvalue weighted by Gasteiger charge is 2.40. The van der Waals surface area contributed by atoms with Crippen molar-refractivity contribution in [2.24, 2.45) is 0 Å². The molecule has 22 heavy (non-hydrogen) atoms. The maximum absolute atomic E-state index is 13.0. The van der Waals surface area contributed by atoms with Crippen molar-refractivity contribution >= 4 is 5.91 Å². The summed E-state index contributed by atoms with van der Waals surface area (Å²) in [6.45, 7) is 4.29. The summed E-state index contributed by atoms with van der Waals surface area (Å²) in [4.78, 5) is 36.4. The molecule has 116 valence electrons. The van der Waals surface area contributed by atoms with Crippen molar-refractivity contribution in [1.29, 1.82) is 0 Å². The number of aromatic nitrogens is 5.